The minimum absolute atomic E-state index is 0.123. The van der Waals surface area contributed by atoms with E-state index in [0.29, 0.717) is 39.5 Å². The minimum Gasteiger partial charge on any atom is -0.493 e. The number of carbonyl (C=O) groups is 1. The number of thioether (sulfide) groups is 1. The van der Waals surface area contributed by atoms with Crippen molar-refractivity contribution in [2.24, 2.45) is 5.10 Å². The molecule has 9 heteroatoms. The molecule has 0 aliphatic carbocycles. The maximum atomic E-state index is 12.0. The third-order valence-corrected chi connectivity index (χ3v) is 4.65. The van der Waals surface area contributed by atoms with E-state index < -0.39 is 0 Å². The lowest BCUT2D eigenvalue weighted by molar-refractivity contribution is -0.118. The minimum atomic E-state index is -0.285. The monoisotopic (exact) mass is 419 g/mol. The van der Waals surface area contributed by atoms with E-state index in [9.17, 15) is 4.79 Å². The van der Waals surface area contributed by atoms with E-state index in [-0.39, 0.29) is 11.7 Å². The third kappa shape index (κ3) is 4.96. The van der Waals surface area contributed by atoms with E-state index in [2.05, 4.69) is 15.5 Å². The number of methoxy groups -OCH3 is 1. The van der Waals surface area contributed by atoms with Crippen LogP contribution in [0, 0.1) is 0 Å². The summed E-state index contributed by atoms with van der Waals surface area (Å²) in [6.45, 7) is 2.33. The standard InChI is InChI=1S/C19H18ClN3O4S/c1-3-26-18-13(20)8-12(9-16(18)25-2)10-21-23-17(24)11-28-19-22-14-6-4-5-7-15(14)27-19/h4-10H,3,11H2,1-2H3,(H,23,24)/b21-10-. The Balaban J connectivity index is 1.56. The molecule has 0 saturated heterocycles. The van der Waals surface area contributed by atoms with E-state index in [0.717, 1.165) is 5.52 Å². The summed E-state index contributed by atoms with van der Waals surface area (Å²) in [6.07, 6.45) is 1.48. The number of nitrogens with zero attached hydrogens (tertiary/aromatic N) is 2. The smallest absolute Gasteiger partial charge is 0.257 e. The number of hydrogen-bond acceptors (Lipinski definition) is 7. The molecule has 1 aromatic heterocycles. The molecule has 3 rings (SSSR count). The van der Waals surface area contributed by atoms with Gasteiger partial charge in [-0.3, -0.25) is 4.79 Å². The fourth-order valence-electron chi connectivity index (χ4n) is 2.35. The van der Waals surface area contributed by atoms with Gasteiger partial charge in [-0.1, -0.05) is 35.5 Å². The van der Waals surface area contributed by atoms with Crippen LogP contribution in [0.15, 0.2) is 51.1 Å². The van der Waals surface area contributed by atoms with Crippen LogP contribution in [0.2, 0.25) is 5.02 Å². The number of ether oxygens (including phenoxy) is 2. The maximum absolute atomic E-state index is 12.0. The number of aromatic nitrogens is 1. The Morgan fingerprint density at radius 1 is 1.39 bits per heavy atom. The van der Waals surface area contributed by atoms with Crippen molar-refractivity contribution in [2.75, 3.05) is 19.5 Å². The van der Waals surface area contributed by atoms with Crippen molar-refractivity contribution in [3.63, 3.8) is 0 Å². The second-order valence-corrected chi connectivity index (χ2v) is 6.83. The summed E-state index contributed by atoms with van der Waals surface area (Å²) in [5, 5.41) is 4.78. The van der Waals surface area contributed by atoms with Gasteiger partial charge in [0.25, 0.3) is 11.1 Å². The van der Waals surface area contributed by atoms with Gasteiger partial charge in [-0.05, 0) is 36.8 Å². The Kier molecular flexibility index (Phi) is 6.78. The number of hydrogen-bond donors (Lipinski definition) is 1. The lowest BCUT2D eigenvalue weighted by atomic mass is 10.2. The van der Waals surface area contributed by atoms with Gasteiger partial charge in [0.05, 0.1) is 30.7 Å². The summed E-state index contributed by atoms with van der Waals surface area (Å²) >= 11 is 7.40. The van der Waals surface area contributed by atoms with Crippen molar-refractivity contribution in [3.8, 4) is 11.5 Å². The molecule has 3 aromatic rings. The lowest BCUT2D eigenvalue weighted by Gasteiger charge is -2.11. The van der Waals surface area contributed by atoms with E-state index in [1.807, 2.05) is 31.2 Å². The van der Waals surface area contributed by atoms with Crippen LogP contribution in [0.4, 0.5) is 0 Å². The summed E-state index contributed by atoms with van der Waals surface area (Å²) in [5.41, 5.74) is 4.56. The van der Waals surface area contributed by atoms with Crippen molar-refractivity contribution >= 4 is 46.6 Å². The van der Waals surface area contributed by atoms with Crippen LogP contribution in [-0.2, 0) is 4.79 Å². The van der Waals surface area contributed by atoms with Gasteiger partial charge in [0, 0.05) is 0 Å². The first kappa shape index (κ1) is 20.0. The van der Waals surface area contributed by atoms with Gasteiger partial charge < -0.3 is 13.9 Å². The predicted molar refractivity (Wildman–Crippen MR) is 110 cm³/mol. The molecule has 0 aliphatic rings. The summed E-state index contributed by atoms with van der Waals surface area (Å²) in [6, 6.07) is 10.8. The number of nitrogens with one attached hydrogen (secondary N) is 1. The Morgan fingerprint density at radius 2 is 2.21 bits per heavy atom. The first-order valence-corrected chi connectivity index (χ1v) is 9.77. The topological polar surface area (TPSA) is 86.0 Å². The van der Waals surface area contributed by atoms with Crippen molar-refractivity contribution < 1.29 is 18.7 Å². The number of benzene rings is 2. The molecule has 0 aliphatic heterocycles. The van der Waals surface area contributed by atoms with Crippen molar-refractivity contribution in [1.82, 2.24) is 10.4 Å². The highest BCUT2D eigenvalue weighted by atomic mass is 35.5. The second kappa shape index (κ2) is 9.48. The van der Waals surface area contributed by atoms with Crippen LogP contribution in [0.3, 0.4) is 0 Å². The first-order chi connectivity index (χ1) is 13.6. The van der Waals surface area contributed by atoms with Gasteiger partial charge >= 0.3 is 0 Å². The average molecular weight is 420 g/mol. The van der Waals surface area contributed by atoms with Gasteiger partial charge in [-0.25, -0.2) is 10.4 Å². The zero-order chi connectivity index (χ0) is 19.9. The molecular formula is C19H18ClN3O4S. The number of para-hydroxylation sites is 2. The number of carbonyl (C=O) groups excluding carboxylic acids is 1. The molecule has 0 spiro atoms. The fourth-order valence-corrected chi connectivity index (χ4v) is 3.25. The molecule has 28 heavy (non-hydrogen) atoms. The van der Waals surface area contributed by atoms with Crippen LogP contribution in [0.5, 0.6) is 11.5 Å². The molecule has 0 atom stereocenters. The number of halogens is 1. The van der Waals surface area contributed by atoms with Crippen molar-refractivity contribution in [3.05, 3.63) is 47.0 Å². The predicted octanol–water partition coefficient (Wildman–Crippen LogP) is 4.13. The zero-order valence-electron chi connectivity index (χ0n) is 15.3. The van der Waals surface area contributed by atoms with E-state index in [1.165, 1.54) is 25.1 Å². The van der Waals surface area contributed by atoms with Gasteiger partial charge in [0.15, 0.2) is 17.1 Å². The Bertz CT molecular complexity index is 973. The van der Waals surface area contributed by atoms with E-state index >= 15 is 0 Å². The molecule has 0 saturated carbocycles. The molecule has 1 N–H and O–H groups in total. The average Bonchev–Trinajstić information content (AvgIpc) is 3.11. The second-order valence-electron chi connectivity index (χ2n) is 5.50. The molecule has 1 amide bonds. The highest BCUT2D eigenvalue weighted by Gasteiger charge is 2.11. The Labute approximate surface area is 171 Å². The SMILES string of the molecule is CCOc1c(Cl)cc(/C=N\NC(=O)CSc2nc3ccccc3o2)cc1OC. The Morgan fingerprint density at radius 3 is 2.96 bits per heavy atom. The van der Waals surface area contributed by atoms with Crippen molar-refractivity contribution in [2.45, 2.75) is 12.1 Å². The molecule has 7 nitrogen and oxygen atoms in total. The number of rotatable bonds is 8. The molecule has 1 heterocycles. The van der Waals surface area contributed by atoms with Gasteiger partial charge in [0.1, 0.15) is 5.52 Å². The first-order valence-electron chi connectivity index (χ1n) is 8.41. The fraction of sp³-hybridized carbons (Fsp3) is 0.211. The molecule has 0 fully saturated rings. The van der Waals surface area contributed by atoms with Gasteiger partial charge in [0.2, 0.25) is 0 Å². The normalized spacial score (nSPS) is 11.1. The summed E-state index contributed by atoms with van der Waals surface area (Å²) in [5.74, 6) is 0.807. The highest BCUT2D eigenvalue weighted by molar-refractivity contribution is 7.99. The zero-order valence-corrected chi connectivity index (χ0v) is 16.8. The van der Waals surface area contributed by atoms with Gasteiger partial charge in [-0.2, -0.15) is 5.10 Å². The molecule has 0 unspecified atom stereocenters. The summed E-state index contributed by atoms with van der Waals surface area (Å²) < 4.78 is 16.3. The Hall–Kier alpha value is -2.71. The molecule has 0 bridgehead atoms. The maximum Gasteiger partial charge on any atom is 0.257 e. The van der Waals surface area contributed by atoms with Crippen molar-refractivity contribution in [1.29, 1.82) is 0 Å². The van der Waals surface area contributed by atoms with E-state index in [1.54, 1.807) is 12.1 Å². The summed E-state index contributed by atoms with van der Waals surface area (Å²) in [4.78, 5) is 16.3. The quantitative estimate of drug-likeness (QED) is 0.335. The van der Waals surface area contributed by atoms with Crippen LogP contribution in [-0.4, -0.2) is 36.6 Å². The van der Waals surface area contributed by atoms with E-state index in [4.69, 9.17) is 25.5 Å². The van der Waals surface area contributed by atoms with Crippen LogP contribution in [0.1, 0.15) is 12.5 Å². The van der Waals surface area contributed by atoms with Crippen LogP contribution >= 0.6 is 23.4 Å². The molecular weight excluding hydrogens is 402 g/mol. The third-order valence-electron chi connectivity index (χ3n) is 3.54. The number of fused-ring (bicyclic) bond motifs is 1. The summed E-state index contributed by atoms with van der Waals surface area (Å²) in [7, 11) is 1.53. The van der Waals surface area contributed by atoms with Crippen LogP contribution in [0.25, 0.3) is 11.1 Å². The number of amides is 1. The largest absolute Gasteiger partial charge is 0.493 e. The number of hydrazone groups is 1. The molecule has 2 aromatic carbocycles. The molecule has 0 radical (unpaired) electrons. The van der Waals surface area contributed by atoms with Gasteiger partial charge in [-0.15, -0.1) is 0 Å². The number of oxazole rings is 1. The molecule has 146 valence electrons. The lowest BCUT2D eigenvalue weighted by Crippen LogP contribution is -2.19. The van der Waals surface area contributed by atoms with Crippen LogP contribution < -0.4 is 14.9 Å². The highest BCUT2D eigenvalue weighted by Crippen LogP contribution is 2.36.